The molecule has 0 saturated heterocycles. The standard InChI is InChI=1S/C17H20N2O3/c1-12(19(2)17(20)14-4-3-7-18-10-14)8-13-5-6-15-16(9-13)22-11-21-15/h3,5-7,9-10,12,18H,4,8,11H2,1-2H3. The highest BCUT2D eigenvalue weighted by Crippen LogP contribution is 2.33. The summed E-state index contributed by atoms with van der Waals surface area (Å²) in [5.74, 6) is 1.62. The van der Waals surface area contributed by atoms with E-state index in [0.29, 0.717) is 6.42 Å². The molecule has 0 fully saturated rings. The minimum absolute atomic E-state index is 0.0603. The van der Waals surface area contributed by atoms with Gasteiger partial charge in [-0.1, -0.05) is 12.1 Å². The molecule has 1 atom stereocenters. The van der Waals surface area contributed by atoms with Crippen LogP contribution in [-0.4, -0.2) is 30.7 Å². The van der Waals surface area contributed by atoms with E-state index in [0.717, 1.165) is 29.1 Å². The van der Waals surface area contributed by atoms with Crippen molar-refractivity contribution in [3.05, 3.63) is 47.8 Å². The Labute approximate surface area is 130 Å². The van der Waals surface area contributed by atoms with E-state index in [1.165, 1.54) is 0 Å². The maximum Gasteiger partial charge on any atom is 0.251 e. The van der Waals surface area contributed by atoms with Crippen LogP contribution in [0.25, 0.3) is 0 Å². The van der Waals surface area contributed by atoms with E-state index < -0.39 is 0 Å². The first-order chi connectivity index (χ1) is 10.6. The molecule has 5 nitrogen and oxygen atoms in total. The smallest absolute Gasteiger partial charge is 0.251 e. The molecule has 22 heavy (non-hydrogen) atoms. The Hall–Kier alpha value is -2.43. The lowest BCUT2D eigenvalue weighted by Crippen LogP contribution is -2.37. The van der Waals surface area contributed by atoms with Crippen molar-refractivity contribution in [2.24, 2.45) is 0 Å². The van der Waals surface area contributed by atoms with Crippen LogP contribution >= 0.6 is 0 Å². The molecule has 3 rings (SSSR count). The normalized spacial score (nSPS) is 16.7. The molecule has 116 valence electrons. The summed E-state index contributed by atoms with van der Waals surface area (Å²) in [6.45, 7) is 2.33. The molecule has 1 N–H and O–H groups in total. The van der Waals surface area contributed by atoms with E-state index >= 15 is 0 Å². The average molecular weight is 300 g/mol. The summed E-state index contributed by atoms with van der Waals surface area (Å²) in [5.41, 5.74) is 1.91. The van der Waals surface area contributed by atoms with Gasteiger partial charge in [-0.3, -0.25) is 4.79 Å². The van der Waals surface area contributed by atoms with Gasteiger partial charge in [0.1, 0.15) is 0 Å². The fraction of sp³-hybridized carbons (Fsp3) is 0.353. The maximum atomic E-state index is 12.5. The number of nitrogens with one attached hydrogen (secondary N) is 1. The van der Waals surface area contributed by atoms with Gasteiger partial charge in [0.2, 0.25) is 6.79 Å². The van der Waals surface area contributed by atoms with Gasteiger partial charge in [-0.25, -0.2) is 0 Å². The predicted molar refractivity (Wildman–Crippen MR) is 83.5 cm³/mol. The van der Waals surface area contributed by atoms with Crippen LogP contribution in [0.2, 0.25) is 0 Å². The summed E-state index contributed by atoms with van der Waals surface area (Å²) in [7, 11) is 1.85. The van der Waals surface area contributed by atoms with Gasteiger partial charge in [0.15, 0.2) is 11.5 Å². The Morgan fingerprint density at radius 1 is 1.36 bits per heavy atom. The third kappa shape index (κ3) is 2.93. The topological polar surface area (TPSA) is 50.8 Å². The molecule has 2 heterocycles. The fourth-order valence-electron chi connectivity index (χ4n) is 2.58. The third-order valence-corrected chi connectivity index (χ3v) is 4.03. The summed E-state index contributed by atoms with van der Waals surface area (Å²) in [5, 5.41) is 2.97. The molecule has 2 aliphatic rings. The Morgan fingerprint density at radius 3 is 2.95 bits per heavy atom. The summed E-state index contributed by atoms with van der Waals surface area (Å²) >= 11 is 0. The van der Waals surface area contributed by atoms with E-state index in [4.69, 9.17) is 9.47 Å². The fourth-order valence-corrected chi connectivity index (χ4v) is 2.58. The minimum Gasteiger partial charge on any atom is -0.454 e. The molecule has 5 heteroatoms. The second-order valence-corrected chi connectivity index (χ2v) is 5.60. The van der Waals surface area contributed by atoms with Crippen molar-refractivity contribution < 1.29 is 14.3 Å². The molecule has 0 radical (unpaired) electrons. The first-order valence-electron chi connectivity index (χ1n) is 7.41. The van der Waals surface area contributed by atoms with Crippen LogP contribution in [0.3, 0.4) is 0 Å². The van der Waals surface area contributed by atoms with Gasteiger partial charge in [0.25, 0.3) is 5.91 Å². The zero-order valence-corrected chi connectivity index (χ0v) is 12.8. The average Bonchev–Trinajstić information content (AvgIpc) is 3.02. The number of amides is 1. The SMILES string of the molecule is CC(Cc1ccc2c(c1)OCO2)N(C)C(=O)C1=CNC=CC1. The van der Waals surface area contributed by atoms with Crippen molar-refractivity contribution in [3.8, 4) is 11.5 Å². The van der Waals surface area contributed by atoms with Crippen LogP contribution in [0.15, 0.2) is 42.2 Å². The van der Waals surface area contributed by atoms with Gasteiger partial charge in [0, 0.05) is 24.9 Å². The van der Waals surface area contributed by atoms with Gasteiger partial charge >= 0.3 is 0 Å². The predicted octanol–water partition coefficient (Wildman–Crippen LogP) is 2.20. The summed E-state index contributed by atoms with van der Waals surface area (Å²) in [6.07, 6.45) is 7.00. The molecule has 0 aromatic heterocycles. The molecule has 1 amide bonds. The van der Waals surface area contributed by atoms with Gasteiger partial charge in [0.05, 0.1) is 0 Å². The first kappa shape index (κ1) is 14.5. The number of hydrogen-bond acceptors (Lipinski definition) is 4. The van der Waals surface area contributed by atoms with Crippen LogP contribution in [0.5, 0.6) is 11.5 Å². The maximum absolute atomic E-state index is 12.5. The molecule has 0 aliphatic carbocycles. The monoisotopic (exact) mass is 300 g/mol. The van der Waals surface area contributed by atoms with E-state index in [9.17, 15) is 4.79 Å². The third-order valence-electron chi connectivity index (χ3n) is 4.03. The molecular weight excluding hydrogens is 280 g/mol. The molecule has 1 aromatic carbocycles. The number of dihydropyridines is 1. The number of carbonyl (C=O) groups excluding carboxylic acids is 1. The molecular formula is C17H20N2O3. The minimum atomic E-state index is 0.0603. The van der Waals surface area contributed by atoms with Gasteiger partial charge in [-0.15, -0.1) is 0 Å². The van der Waals surface area contributed by atoms with Gasteiger partial charge in [-0.2, -0.15) is 0 Å². The van der Waals surface area contributed by atoms with E-state index in [-0.39, 0.29) is 18.7 Å². The molecule has 1 aromatic rings. The van der Waals surface area contributed by atoms with Crippen LogP contribution in [0, 0.1) is 0 Å². The van der Waals surface area contributed by atoms with Crippen molar-refractivity contribution in [2.75, 3.05) is 13.8 Å². The van der Waals surface area contributed by atoms with Crippen LogP contribution in [0.1, 0.15) is 18.9 Å². The molecule has 1 unspecified atom stereocenters. The lowest BCUT2D eigenvalue weighted by atomic mass is 10.0. The van der Waals surface area contributed by atoms with E-state index in [2.05, 4.69) is 12.2 Å². The van der Waals surface area contributed by atoms with Crippen molar-refractivity contribution in [3.63, 3.8) is 0 Å². The zero-order valence-electron chi connectivity index (χ0n) is 12.8. The quantitative estimate of drug-likeness (QED) is 0.926. The highest BCUT2D eigenvalue weighted by molar-refractivity contribution is 5.93. The van der Waals surface area contributed by atoms with E-state index in [1.54, 1.807) is 11.1 Å². The highest BCUT2D eigenvalue weighted by atomic mass is 16.7. The zero-order chi connectivity index (χ0) is 15.5. The number of fused-ring (bicyclic) bond motifs is 1. The Kier molecular flexibility index (Phi) is 4.04. The number of allylic oxidation sites excluding steroid dienone is 1. The number of hydrogen-bond donors (Lipinski definition) is 1. The second kappa shape index (κ2) is 6.13. The van der Waals surface area contributed by atoms with Gasteiger partial charge in [-0.05, 0) is 43.7 Å². The number of rotatable bonds is 4. The van der Waals surface area contributed by atoms with E-state index in [1.807, 2.05) is 37.5 Å². The number of ether oxygens (including phenoxy) is 2. The summed E-state index contributed by atoms with van der Waals surface area (Å²) in [4.78, 5) is 14.2. The lowest BCUT2D eigenvalue weighted by Gasteiger charge is -2.26. The number of likely N-dealkylation sites (N-methyl/N-ethyl adjacent to an activating group) is 1. The van der Waals surface area contributed by atoms with Crippen molar-refractivity contribution >= 4 is 5.91 Å². The number of nitrogens with zero attached hydrogens (tertiary/aromatic N) is 1. The van der Waals surface area contributed by atoms with Crippen molar-refractivity contribution in [1.82, 2.24) is 10.2 Å². The second-order valence-electron chi connectivity index (χ2n) is 5.60. The lowest BCUT2D eigenvalue weighted by molar-refractivity contribution is -0.127. The highest BCUT2D eigenvalue weighted by Gasteiger charge is 2.21. The van der Waals surface area contributed by atoms with Crippen LogP contribution in [-0.2, 0) is 11.2 Å². The van der Waals surface area contributed by atoms with Crippen molar-refractivity contribution in [2.45, 2.75) is 25.8 Å². The Bertz CT molecular complexity index is 637. The number of benzene rings is 1. The molecule has 0 bridgehead atoms. The van der Waals surface area contributed by atoms with Crippen molar-refractivity contribution in [1.29, 1.82) is 0 Å². The molecule has 0 saturated carbocycles. The summed E-state index contributed by atoms with van der Waals surface area (Å²) in [6, 6.07) is 6.03. The van der Waals surface area contributed by atoms with Crippen LogP contribution in [0.4, 0.5) is 0 Å². The Morgan fingerprint density at radius 2 is 2.18 bits per heavy atom. The molecule has 0 spiro atoms. The van der Waals surface area contributed by atoms with Gasteiger partial charge < -0.3 is 19.7 Å². The largest absolute Gasteiger partial charge is 0.454 e. The molecule has 2 aliphatic heterocycles. The number of carbonyl (C=O) groups is 1. The van der Waals surface area contributed by atoms with Crippen LogP contribution < -0.4 is 14.8 Å². The first-order valence-corrected chi connectivity index (χ1v) is 7.41. The summed E-state index contributed by atoms with van der Waals surface area (Å²) < 4.78 is 10.7. The Balaban J connectivity index is 1.64.